The Hall–Kier alpha value is -2.68. The molecule has 3 aliphatic heterocycles. The first-order valence-electron chi connectivity index (χ1n) is 11.5. The first-order chi connectivity index (χ1) is 16.2. The van der Waals surface area contributed by atoms with Gasteiger partial charge in [0.1, 0.15) is 6.10 Å². The highest BCUT2D eigenvalue weighted by atomic mass is 16.7. The molecule has 8 nitrogen and oxygen atoms in total. The quantitative estimate of drug-likeness (QED) is 0.719. The number of hydrogen-bond acceptors (Lipinski definition) is 8. The summed E-state index contributed by atoms with van der Waals surface area (Å²) in [6.45, 7) is 6.84. The maximum absolute atomic E-state index is 12.1. The van der Waals surface area contributed by atoms with Crippen LogP contribution in [-0.4, -0.2) is 51.7 Å². The van der Waals surface area contributed by atoms with Crippen LogP contribution >= 0.6 is 0 Å². The van der Waals surface area contributed by atoms with Crippen molar-refractivity contribution in [1.29, 1.82) is 0 Å². The van der Waals surface area contributed by atoms with Crippen LogP contribution in [0.5, 0.6) is 28.7 Å². The average molecular weight is 472 g/mol. The molecule has 0 radical (unpaired) electrons. The van der Waals surface area contributed by atoms with Gasteiger partial charge in [0.15, 0.2) is 23.0 Å². The fourth-order valence-electron chi connectivity index (χ4n) is 5.47. The monoisotopic (exact) mass is 471 g/mol. The summed E-state index contributed by atoms with van der Waals surface area (Å²) in [5, 5.41) is 12.1. The van der Waals surface area contributed by atoms with Gasteiger partial charge in [0.05, 0.1) is 32.9 Å². The van der Waals surface area contributed by atoms with Crippen molar-refractivity contribution in [1.82, 2.24) is 4.90 Å². The number of nitrogens with zero attached hydrogens (tertiary/aromatic N) is 1. The Kier molecular flexibility index (Phi) is 5.39. The molecule has 3 aliphatic rings. The van der Waals surface area contributed by atoms with Crippen LogP contribution in [0, 0.1) is 5.41 Å². The highest BCUT2D eigenvalue weighted by Gasteiger charge is 2.57. The number of ether oxygens (including phenoxy) is 6. The molecule has 3 heterocycles. The van der Waals surface area contributed by atoms with Crippen LogP contribution in [0.25, 0.3) is 0 Å². The number of benzene rings is 2. The standard InChI is InChI=1S/C26H33NO7/c1-25(2,3)26(28)19-15(8-9-16(29-5)22(19)30-6)21(34-26)20-18-14(10-11-27(20)4)12-17-23(24(18)31-7)33-13-32-17/h8-9,12,20-21,28H,10-11,13H2,1-7H3/t20-,21+,26+/m1/s1. The Labute approximate surface area is 200 Å². The van der Waals surface area contributed by atoms with Crippen molar-refractivity contribution in [3.63, 3.8) is 0 Å². The number of rotatable bonds is 4. The second-order valence-corrected chi connectivity index (χ2v) is 10.1. The van der Waals surface area contributed by atoms with Crippen LogP contribution in [0.3, 0.4) is 0 Å². The van der Waals surface area contributed by atoms with Gasteiger partial charge in [-0.05, 0) is 36.7 Å². The Morgan fingerprint density at radius 1 is 1.06 bits per heavy atom. The molecule has 0 saturated heterocycles. The molecule has 0 aromatic heterocycles. The molecule has 0 unspecified atom stereocenters. The molecule has 0 amide bonds. The molecule has 8 heteroatoms. The predicted molar refractivity (Wildman–Crippen MR) is 125 cm³/mol. The number of aliphatic hydroxyl groups is 1. The first-order valence-corrected chi connectivity index (χ1v) is 11.5. The summed E-state index contributed by atoms with van der Waals surface area (Å²) in [7, 11) is 6.88. The van der Waals surface area contributed by atoms with Gasteiger partial charge in [-0.2, -0.15) is 0 Å². The van der Waals surface area contributed by atoms with Gasteiger partial charge < -0.3 is 33.5 Å². The molecule has 5 rings (SSSR count). The van der Waals surface area contributed by atoms with E-state index in [4.69, 9.17) is 28.4 Å². The van der Waals surface area contributed by atoms with Gasteiger partial charge in [-0.15, -0.1) is 0 Å². The summed E-state index contributed by atoms with van der Waals surface area (Å²) < 4.78 is 35.3. The van der Waals surface area contributed by atoms with E-state index in [1.54, 1.807) is 21.3 Å². The van der Waals surface area contributed by atoms with Gasteiger partial charge in [0, 0.05) is 17.5 Å². The summed E-state index contributed by atoms with van der Waals surface area (Å²) >= 11 is 0. The number of likely N-dealkylation sites (N-methyl/N-ethyl adjacent to an activating group) is 1. The summed E-state index contributed by atoms with van der Waals surface area (Å²) in [6, 6.07) is 5.64. The van der Waals surface area contributed by atoms with Crippen LogP contribution in [0.1, 0.15) is 55.2 Å². The van der Waals surface area contributed by atoms with Crippen LogP contribution < -0.4 is 23.7 Å². The van der Waals surface area contributed by atoms with Crippen molar-refractivity contribution in [3.8, 4) is 28.7 Å². The van der Waals surface area contributed by atoms with Crippen molar-refractivity contribution in [2.24, 2.45) is 5.41 Å². The second-order valence-electron chi connectivity index (χ2n) is 10.1. The highest BCUT2D eigenvalue weighted by Crippen LogP contribution is 2.61. The van der Waals surface area contributed by atoms with Crippen molar-refractivity contribution in [2.75, 3.05) is 41.7 Å². The van der Waals surface area contributed by atoms with E-state index in [2.05, 4.69) is 11.9 Å². The summed E-state index contributed by atoms with van der Waals surface area (Å²) in [4.78, 5) is 2.24. The molecule has 184 valence electrons. The van der Waals surface area contributed by atoms with E-state index in [9.17, 15) is 5.11 Å². The zero-order chi connectivity index (χ0) is 24.4. The van der Waals surface area contributed by atoms with Crippen LogP contribution in [0.2, 0.25) is 0 Å². The maximum atomic E-state index is 12.1. The van der Waals surface area contributed by atoms with Crippen molar-refractivity contribution in [2.45, 2.75) is 45.1 Å². The van der Waals surface area contributed by atoms with E-state index in [1.807, 2.05) is 39.0 Å². The third-order valence-electron chi connectivity index (χ3n) is 7.28. The minimum Gasteiger partial charge on any atom is -0.493 e. The van der Waals surface area contributed by atoms with Crippen molar-refractivity contribution in [3.05, 3.63) is 40.5 Å². The van der Waals surface area contributed by atoms with E-state index in [-0.39, 0.29) is 12.8 Å². The number of hydrogen-bond donors (Lipinski definition) is 1. The lowest BCUT2D eigenvalue weighted by Crippen LogP contribution is -2.42. The lowest BCUT2D eigenvalue weighted by Gasteiger charge is -2.41. The van der Waals surface area contributed by atoms with Gasteiger partial charge in [0.2, 0.25) is 18.3 Å². The normalized spacial score (nSPS) is 25.6. The molecule has 34 heavy (non-hydrogen) atoms. The largest absolute Gasteiger partial charge is 0.493 e. The Bertz CT molecular complexity index is 1130. The van der Waals surface area contributed by atoms with Gasteiger partial charge in [-0.1, -0.05) is 26.8 Å². The molecular formula is C26H33NO7. The second kappa shape index (κ2) is 7.93. The molecule has 0 spiro atoms. The molecule has 0 bridgehead atoms. The first kappa shape index (κ1) is 23.1. The zero-order valence-corrected chi connectivity index (χ0v) is 20.9. The topological polar surface area (TPSA) is 78.9 Å². The molecular weight excluding hydrogens is 438 g/mol. The lowest BCUT2D eigenvalue weighted by molar-refractivity contribution is -0.287. The molecule has 1 N–H and O–H groups in total. The fraction of sp³-hybridized carbons (Fsp3) is 0.538. The van der Waals surface area contributed by atoms with Gasteiger partial charge in [0.25, 0.3) is 0 Å². The highest BCUT2D eigenvalue weighted by molar-refractivity contribution is 5.63. The SMILES string of the molecule is COc1ccc2c(c1OC)[C@@](O)(C(C)(C)C)O[C@@H]2[C@H]1c2c(cc3c(c2OC)OCO3)CCN1C. The average Bonchev–Trinajstić information content (AvgIpc) is 3.39. The smallest absolute Gasteiger partial charge is 0.231 e. The van der Waals surface area contributed by atoms with E-state index in [1.165, 1.54) is 0 Å². The van der Waals surface area contributed by atoms with Crippen LogP contribution in [-0.2, 0) is 16.9 Å². The molecule has 2 aromatic carbocycles. The minimum absolute atomic E-state index is 0.165. The van der Waals surface area contributed by atoms with Crippen LogP contribution in [0.4, 0.5) is 0 Å². The molecule has 0 aliphatic carbocycles. The maximum Gasteiger partial charge on any atom is 0.231 e. The van der Waals surface area contributed by atoms with Gasteiger partial charge in [-0.3, -0.25) is 4.90 Å². The van der Waals surface area contributed by atoms with E-state index in [0.717, 1.165) is 29.7 Å². The minimum atomic E-state index is -1.60. The Morgan fingerprint density at radius 2 is 1.79 bits per heavy atom. The molecule has 0 fully saturated rings. The lowest BCUT2D eigenvalue weighted by atomic mass is 9.79. The van der Waals surface area contributed by atoms with E-state index < -0.39 is 17.3 Å². The Balaban J connectivity index is 1.75. The Morgan fingerprint density at radius 3 is 2.44 bits per heavy atom. The van der Waals surface area contributed by atoms with Crippen molar-refractivity contribution >= 4 is 0 Å². The number of methoxy groups -OCH3 is 3. The molecule has 3 atom stereocenters. The molecule has 2 aromatic rings. The van der Waals surface area contributed by atoms with Crippen LogP contribution in [0.15, 0.2) is 18.2 Å². The molecule has 0 saturated carbocycles. The van der Waals surface area contributed by atoms with Gasteiger partial charge in [-0.25, -0.2) is 0 Å². The summed E-state index contributed by atoms with van der Waals surface area (Å²) in [5.74, 6) is 1.39. The summed E-state index contributed by atoms with van der Waals surface area (Å²) in [5.41, 5.74) is 2.93. The third-order valence-corrected chi connectivity index (χ3v) is 7.28. The summed E-state index contributed by atoms with van der Waals surface area (Å²) in [6.07, 6.45) is 0.349. The van der Waals surface area contributed by atoms with Crippen molar-refractivity contribution < 1.29 is 33.5 Å². The van der Waals surface area contributed by atoms with E-state index in [0.29, 0.717) is 34.3 Å². The number of fused-ring (bicyclic) bond motifs is 3. The third kappa shape index (κ3) is 3.08. The van der Waals surface area contributed by atoms with E-state index >= 15 is 0 Å². The fourth-order valence-corrected chi connectivity index (χ4v) is 5.47. The predicted octanol–water partition coefficient (Wildman–Crippen LogP) is 3.93. The zero-order valence-electron chi connectivity index (χ0n) is 20.9. The van der Waals surface area contributed by atoms with Gasteiger partial charge >= 0.3 is 0 Å².